The van der Waals surface area contributed by atoms with Gasteiger partial charge in [-0.1, -0.05) is 223 Å². The van der Waals surface area contributed by atoms with Gasteiger partial charge < -0.3 is 0 Å². The molecule has 360 valence electrons. The van der Waals surface area contributed by atoms with Crippen LogP contribution in [0.4, 0.5) is 0 Å². The first kappa shape index (κ1) is 44.9. The lowest BCUT2D eigenvalue weighted by Gasteiger charge is -2.66. The Bertz CT molecular complexity index is 2900. The molecule has 16 unspecified atom stereocenters. The highest BCUT2D eigenvalue weighted by Crippen LogP contribution is 2.71. The van der Waals surface area contributed by atoms with Gasteiger partial charge in [0, 0.05) is 0 Å². The van der Waals surface area contributed by atoms with Crippen LogP contribution in [0.1, 0.15) is 134 Å². The fourth-order valence-corrected chi connectivity index (χ4v) is 25.1. The molecule has 69 heavy (non-hydrogen) atoms. The first-order valence-corrected chi connectivity index (χ1v) is 32.2. The summed E-state index contributed by atoms with van der Waals surface area (Å²) in [4.78, 5) is 0. The van der Waals surface area contributed by atoms with Crippen LogP contribution in [0.25, 0.3) is 43.4 Å². The Morgan fingerprint density at radius 2 is 0.841 bits per heavy atom. The summed E-state index contributed by atoms with van der Waals surface area (Å²) in [6.45, 7) is 38.5. The third-order valence-corrected chi connectivity index (χ3v) is 30.5. The molecule has 5 aromatic rings. The molecule has 0 N–H and O–H groups in total. The second-order valence-electron chi connectivity index (χ2n) is 30.2. The fraction of sp³-hybridized carbons (Fsp3) is 0.636. The van der Waals surface area contributed by atoms with Crippen molar-refractivity contribution in [3.05, 3.63) is 72.8 Å². The molecule has 18 rings (SSSR count). The van der Waals surface area contributed by atoms with Crippen LogP contribution in [-0.2, 0) is 0 Å². The highest BCUT2D eigenvalue weighted by molar-refractivity contribution is 7.03. The van der Waals surface area contributed by atoms with E-state index in [1.54, 1.807) is 37.6 Å². The van der Waals surface area contributed by atoms with Crippen molar-refractivity contribution >= 4 is 75.1 Å². The van der Waals surface area contributed by atoms with Gasteiger partial charge in [-0.15, -0.1) is 0 Å². The number of benzene rings is 5. The topological polar surface area (TPSA) is 0 Å². The molecule has 16 atom stereocenters. The van der Waals surface area contributed by atoms with Crippen LogP contribution in [0.2, 0.25) is 36.4 Å². The summed E-state index contributed by atoms with van der Waals surface area (Å²) in [7, 11) is -2.11. The van der Waals surface area contributed by atoms with Crippen LogP contribution in [0.15, 0.2) is 72.8 Å². The summed E-state index contributed by atoms with van der Waals surface area (Å²) in [5.74, 6) is 13.3. The van der Waals surface area contributed by atoms with Crippen molar-refractivity contribution in [2.45, 2.75) is 171 Å². The van der Waals surface area contributed by atoms with Crippen LogP contribution < -0.4 is 21.3 Å². The lowest BCUT2D eigenvalue weighted by molar-refractivity contribution is -0.107. The lowest BCUT2D eigenvalue weighted by atomic mass is 9.19. The van der Waals surface area contributed by atoms with Crippen molar-refractivity contribution in [2.24, 2.45) is 92.7 Å². The zero-order chi connectivity index (χ0) is 48.0. The van der Waals surface area contributed by atoms with E-state index in [9.17, 15) is 0 Å². The largest absolute Gasteiger partial charge is 0.183 e. The molecule has 0 saturated heterocycles. The Balaban J connectivity index is 0.935. The lowest BCUT2D eigenvalue weighted by Crippen LogP contribution is -2.62. The van der Waals surface area contributed by atoms with Gasteiger partial charge >= 0.3 is 0 Å². The number of hydrogen-bond acceptors (Lipinski definition) is 0. The van der Waals surface area contributed by atoms with Crippen LogP contribution in [0.5, 0.6) is 0 Å². The molecule has 12 fully saturated rings. The van der Waals surface area contributed by atoms with Crippen molar-refractivity contribution in [2.75, 3.05) is 0 Å². The Hall–Kier alpha value is -2.77. The SMILES string of the molecule is CC1C(B(c2ccc3c(c2)[Si](C)(C)c2cccc4c2c-3cc2c3ccccc3c(B(C3CC5CC(C3C)C5(C)C)C3CC5CC(C3C)C5(C)C)cc42)C2CC3CC(C2C)C3(C)C)CC2CC1C2(C)C. The van der Waals surface area contributed by atoms with Gasteiger partial charge in [0.2, 0.25) is 0 Å². The predicted octanol–water partition coefficient (Wildman–Crippen LogP) is 15.6. The van der Waals surface area contributed by atoms with Crippen molar-refractivity contribution < 1.29 is 0 Å². The van der Waals surface area contributed by atoms with Crippen molar-refractivity contribution in [1.82, 2.24) is 0 Å². The monoisotopic (exact) mass is 929 g/mol. The van der Waals surface area contributed by atoms with Gasteiger partial charge in [0.05, 0.1) is 0 Å². The van der Waals surface area contributed by atoms with Crippen molar-refractivity contribution in [1.29, 1.82) is 0 Å². The fourth-order valence-electron chi connectivity index (χ4n) is 22.0. The highest BCUT2D eigenvalue weighted by atomic mass is 28.3. The molecule has 1 aliphatic heterocycles. The minimum Gasteiger partial charge on any atom is -0.0795 e. The Morgan fingerprint density at radius 1 is 0.406 bits per heavy atom. The molecule has 5 aromatic carbocycles. The zero-order valence-corrected chi connectivity index (χ0v) is 46.5. The van der Waals surface area contributed by atoms with E-state index in [1.165, 1.54) is 78.5 Å². The highest BCUT2D eigenvalue weighted by Gasteiger charge is 2.65. The quantitative estimate of drug-likeness (QED) is 0.118. The molecule has 0 spiro atoms. The molecule has 12 aliphatic carbocycles. The average molecular weight is 929 g/mol. The van der Waals surface area contributed by atoms with E-state index in [2.05, 4.69) is 169 Å². The van der Waals surface area contributed by atoms with Gasteiger partial charge in [-0.2, -0.15) is 0 Å². The maximum absolute atomic E-state index is 2.88. The van der Waals surface area contributed by atoms with E-state index in [0.29, 0.717) is 35.1 Å². The Kier molecular flexibility index (Phi) is 9.30. The van der Waals surface area contributed by atoms with E-state index in [1.807, 2.05) is 0 Å². The second kappa shape index (κ2) is 14.3. The van der Waals surface area contributed by atoms with Gasteiger partial charge in [0.25, 0.3) is 0 Å². The molecule has 0 amide bonds. The van der Waals surface area contributed by atoms with Crippen LogP contribution in [0.3, 0.4) is 0 Å². The van der Waals surface area contributed by atoms with Crippen molar-refractivity contribution in [3.63, 3.8) is 0 Å². The normalized spacial score (nSPS) is 40.4. The average Bonchev–Trinajstić information content (AvgIpc) is 3.31. The second-order valence-corrected chi connectivity index (χ2v) is 34.5. The first-order chi connectivity index (χ1) is 32.6. The van der Waals surface area contributed by atoms with Gasteiger partial charge in [-0.05, 0) is 178 Å². The van der Waals surface area contributed by atoms with E-state index >= 15 is 0 Å². The summed E-state index contributed by atoms with van der Waals surface area (Å²) in [5, 5.41) is 12.6. The van der Waals surface area contributed by atoms with E-state index in [-0.39, 0.29) is 0 Å². The molecule has 1 heterocycles. The molecule has 13 aliphatic rings. The molecular formula is C66H86B2Si. The van der Waals surface area contributed by atoms with Crippen LogP contribution in [0, 0.1) is 92.7 Å². The van der Waals surface area contributed by atoms with Gasteiger partial charge in [-0.3, -0.25) is 0 Å². The molecule has 3 heteroatoms. The molecule has 12 saturated carbocycles. The predicted molar refractivity (Wildman–Crippen MR) is 304 cm³/mol. The van der Waals surface area contributed by atoms with Crippen LogP contribution >= 0.6 is 0 Å². The van der Waals surface area contributed by atoms with E-state index < -0.39 is 8.07 Å². The first-order valence-electron chi connectivity index (χ1n) is 29.2. The third kappa shape index (κ3) is 5.63. The smallest absolute Gasteiger partial charge is 0.0795 e. The standard InChI is InChI=1S/C66H86B2Si/c1-35-51-24-39(63(51,5)6)28-55(35)67(56-29-40-25-52(36(56)2)64(40,7)8)43-22-23-46-50-33-48-44-18-15-16-19-45(44)59(34-49(48)47-20-17-21-60(62(47)50)69(13,14)61(46)32-43)68(57-30-41-26-53(37(57)3)65(41,9)10)58-31-42-27-54(38(58)4)66(42,11)12/h15-23,32-42,51-58H,24-31H2,1-14H3. The number of fused-ring (bicyclic) bond motifs is 14. The number of rotatable bonds is 6. The zero-order valence-electron chi connectivity index (χ0n) is 45.5. The summed E-state index contributed by atoms with van der Waals surface area (Å²) in [5.41, 5.74) is 8.53. The van der Waals surface area contributed by atoms with Gasteiger partial charge in [0.15, 0.2) is 13.4 Å². The Labute approximate surface area is 420 Å². The van der Waals surface area contributed by atoms with Crippen LogP contribution in [-0.4, -0.2) is 21.5 Å². The summed E-state index contributed by atoms with van der Waals surface area (Å²) in [6, 6.07) is 31.3. The van der Waals surface area contributed by atoms with Crippen molar-refractivity contribution in [3.8, 4) is 11.1 Å². The molecule has 8 bridgehead atoms. The minimum atomic E-state index is -2.11. The maximum atomic E-state index is 2.88. The molecular weight excluding hydrogens is 842 g/mol. The van der Waals surface area contributed by atoms with Gasteiger partial charge in [-0.25, -0.2) is 0 Å². The maximum Gasteiger partial charge on any atom is 0.183 e. The minimum absolute atomic E-state index is 0.497. The van der Waals surface area contributed by atoms with E-state index in [4.69, 9.17) is 0 Å². The summed E-state index contributed by atoms with van der Waals surface area (Å²) >= 11 is 0. The summed E-state index contributed by atoms with van der Waals surface area (Å²) in [6.07, 6.45) is 11.6. The third-order valence-electron chi connectivity index (χ3n) is 27.0. The molecule has 0 nitrogen and oxygen atoms in total. The van der Waals surface area contributed by atoms with Gasteiger partial charge in [0.1, 0.15) is 8.07 Å². The molecule has 0 aromatic heterocycles. The summed E-state index contributed by atoms with van der Waals surface area (Å²) < 4.78 is 0. The van der Waals surface area contributed by atoms with E-state index in [0.717, 1.165) is 94.3 Å². The molecule has 0 radical (unpaired) electrons. The number of hydrogen-bond donors (Lipinski definition) is 0. The Morgan fingerprint density at radius 3 is 1.30 bits per heavy atom.